The van der Waals surface area contributed by atoms with E-state index in [-0.39, 0.29) is 43.2 Å². The Morgan fingerprint density at radius 1 is 1.05 bits per heavy atom. The Morgan fingerprint density at radius 2 is 1.33 bits per heavy atom. The molecule has 0 spiro atoms. The minimum atomic E-state index is -1.50. The molecule has 21 heavy (non-hydrogen) atoms. The number of carbonyl (C=O) groups excluding carboxylic acids is 1. The number of rotatable bonds is 1. The molecule has 4 bridgehead atoms. The number of carbonyl (C=O) groups is 1. The van der Waals surface area contributed by atoms with Gasteiger partial charge in [0.25, 0.3) is 6.16 Å². The Morgan fingerprint density at radius 3 is 1.52 bits per heavy atom. The molecule has 6 heteroatoms. The van der Waals surface area contributed by atoms with Crippen LogP contribution in [0.3, 0.4) is 0 Å². The van der Waals surface area contributed by atoms with Gasteiger partial charge in [-0.1, -0.05) is 0 Å². The molecule has 0 unspecified atom stereocenters. The molecule has 4 aliphatic rings. The first-order valence-corrected chi connectivity index (χ1v) is 7.32. The second-order valence-corrected chi connectivity index (χ2v) is 7.61. The van der Waals surface area contributed by atoms with Crippen molar-refractivity contribution < 1.29 is 24.6 Å². The van der Waals surface area contributed by atoms with Gasteiger partial charge in [-0.15, -0.1) is 0 Å². The van der Waals surface area contributed by atoms with Crippen molar-refractivity contribution in [2.45, 2.75) is 44.1 Å². The summed E-state index contributed by atoms with van der Waals surface area (Å²) in [5, 5.41) is 9.03. The summed E-state index contributed by atoms with van der Waals surface area (Å²) in [6.45, 7) is 0. The van der Waals surface area contributed by atoms with Crippen LogP contribution in [0.2, 0.25) is 0 Å². The third-order valence-corrected chi connectivity index (χ3v) is 5.60. The van der Waals surface area contributed by atoms with E-state index in [1.54, 1.807) is 19.3 Å². The van der Waals surface area contributed by atoms with Crippen LogP contribution in [0, 0.1) is 17.8 Å². The van der Waals surface area contributed by atoms with Crippen LogP contribution in [0.25, 0.3) is 0 Å². The fourth-order valence-corrected chi connectivity index (χ4v) is 4.89. The number of carboxylic acid groups (broad SMARTS) is 1. The third kappa shape index (κ3) is 4.71. The van der Waals surface area contributed by atoms with Crippen LogP contribution < -0.4 is 5.11 Å². The zero-order valence-electron chi connectivity index (χ0n) is 13.1. The second-order valence-electron chi connectivity index (χ2n) is 7.61. The van der Waals surface area contributed by atoms with E-state index in [1.165, 1.54) is 23.7 Å². The molecular weight excluding hydrogens is 298 g/mol. The fourth-order valence-electron chi connectivity index (χ4n) is 4.89. The summed E-state index contributed by atoms with van der Waals surface area (Å²) < 4.78 is 4.77. The zero-order valence-corrected chi connectivity index (χ0v) is 13.1. The molecule has 0 aromatic rings. The summed E-state index contributed by atoms with van der Waals surface area (Å²) in [6.07, 6.45) is 7.80. The van der Waals surface area contributed by atoms with Gasteiger partial charge in [0.05, 0.1) is 26.7 Å². The first-order valence-electron chi connectivity index (χ1n) is 7.32. The number of hydrogen-bond acceptors (Lipinski definition) is 3. The third-order valence-electron chi connectivity index (χ3n) is 5.60. The molecule has 2 N–H and O–H groups in total. The van der Waals surface area contributed by atoms with Crippen molar-refractivity contribution in [1.29, 1.82) is 0 Å². The predicted molar refractivity (Wildman–Crippen MR) is 83.5 cm³/mol. The van der Waals surface area contributed by atoms with E-state index < -0.39 is 6.16 Å². The molecule has 4 saturated carbocycles. The first kappa shape index (κ1) is 21.4. The van der Waals surface area contributed by atoms with Gasteiger partial charge in [0.2, 0.25) is 0 Å². The van der Waals surface area contributed by atoms with E-state index in [9.17, 15) is 0 Å². The van der Waals surface area contributed by atoms with E-state index in [4.69, 9.17) is 9.90 Å². The Hall–Kier alpha value is 0.450. The summed E-state index contributed by atoms with van der Waals surface area (Å²) in [7, 11) is 8.31. The molecule has 4 fully saturated rings. The average Bonchev–Trinajstić information content (AvgIpc) is 2.26. The Balaban J connectivity index is 0.000000507. The minimum absolute atomic E-state index is 0. The summed E-state index contributed by atoms with van der Waals surface area (Å²) in [5.41, 5.74) is 0.675. The molecular formula is C15H31CaNO4. The number of nitrogens with zero attached hydrogens (tertiary/aromatic N) is 1. The van der Waals surface area contributed by atoms with Gasteiger partial charge < -0.3 is 24.6 Å². The average molecular weight is 329 g/mol. The van der Waals surface area contributed by atoms with E-state index in [0.29, 0.717) is 5.54 Å². The second kappa shape index (κ2) is 7.82. The van der Waals surface area contributed by atoms with E-state index in [0.717, 1.165) is 24.9 Å². The number of hydrogen-bond donors (Lipinski definition) is 0. The van der Waals surface area contributed by atoms with Gasteiger partial charge in [0, 0.05) is 26.4 Å². The van der Waals surface area contributed by atoms with Gasteiger partial charge in [-0.05, 0) is 37.0 Å². The van der Waals surface area contributed by atoms with Gasteiger partial charge in [-0.25, -0.2) is 0 Å². The van der Waals surface area contributed by atoms with Crippen LogP contribution in [0.5, 0.6) is 0 Å². The van der Waals surface area contributed by atoms with E-state index in [2.05, 4.69) is 25.9 Å². The standard InChI is InChI=1S/C13H24N.C2H4O3.Ca.H2O.2H/c1-14(2,3)13-7-10-4-11(8-13)6-12(5-10)9-13;1-5-2(3)4;;;;/h10-12H,4-9H2,1-3H3;1H3,(H,3,4);;1H2;;/q+1;;;;;/p-1. The van der Waals surface area contributed by atoms with Crippen molar-refractivity contribution in [1.82, 2.24) is 0 Å². The van der Waals surface area contributed by atoms with Gasteiger partial charge in [-0.3, -0.25) is 0 Å². The molecule has 0 radical (unpaired) electrons. The van der Waals surface area contributed by atoms with Crippen molar-refractivity contribution in [2.75, 3.05) is 28.3 Å². The van der Waals surface area contributed by atoms with Crippen molar-refractivity contribution in [3.8, 4) is 0 Å². The molecule has 4 aliphatic carbocycles. The molecule has 122 valence electrons. The monoisotopic (exact) mass is 329 g/mol. The maximum atomic E-state index is 9.03. The zero-order chi connectivity index (χ0) is 14.3. The van der Waals surface area contributed by atoms with Gasteiger partial charge in [0.15, 0.2) is 0 Å². The Kier molecular flexibility index (Phi) is 7.99. The van der Waals surface area contributed by atoms with E-state index in [1.807, 2.05) is 0 Å². The number of methoxy groups -OCH3 is 1. The van der Waals surface area contributed by atoms with Crippen molar-refractivity contribution in [3.05, 3.63) is 0 Å². The summed E-state index contributed by atoms with van der Waals surface area (Å²) in [6, 6.07) is 0. The Bertz CT molecular complexity index is 319. The molecule has 5 nitrogen and oxygen atoms in total. The predicted octanol–water partition coefficient (Wildman–Crippen LogP) is -0.103. The normalized spacial score (nSPS) is 35.7. The van der Waals surface area contributed by atoms with Crippen LogP contribution in [0.4, 0.5) is 4.79 Å². The van der Waals surface area contributed by atoms with Crippen molar-refractivity contribution in [3.63, 3.8) is 0 Å². The van der Waals surface area contributed by atoms with Crippen LogP contribution in [0.1, 0.15) is 38.5 Å². The van der Waals surface area contributed by atoms with Crippen molar-refractivity contribution in [2.24, 2.45) is 17.8 Å². The van der Waals surface area contributed by atoms with Gasteiger partial charge >= 0.3 is 37.7 Å². The molecule has 4 rings (SSSR count). The summed E-state index contributed by atoms with van der Waals surface area (Å²) in [4.78, 5) is 9.03. The van der Waals surface area contributed by atoms with Crippen LogP contribution >= 0.6 is 0 Å². The molecule has 0 amide bonds. The number of ether oxygens (including phenoxy) is 1. The maximum absolute atomic E-state index is 9.03. The van der Waals surface area contributed by atoms with Crippen LogP contribution in [-0.4, -0.2) is 87.6 Å². The fraction of sp³-hybridized carbons (Fsp3) is 0.933. The molecule has 0 aromatic carbocycles. The molecule has 0 saturated heterocycles. The molecule has 0 aromatic heterocycles. The SMILES string of the molecule is COC(=O)[O-].C[N+](C)(C)C12CC3CC(CC(C3)C1)C2.O.[CaH2]. The van der Waals surface area contributed by atoms with Gasteiger partial charge in [0.1, 0.15) is 0 Å². The van der Waals surface area contributed by atoms with Crippen LogP contribution in [0.15, 0.2) is 0 Å². The molecule has 0 heterocycles. The molecule has 0 atom stereocenters. The van der Waals surface area contributed by atoms with Gasteiger partial charge in [-0.2, -0.15) is 0 Å². The van der Waals surface area contributed by atoms with Crippen molar-refractivity contribution >= 4 is 43.9 Å². The van der Waals surface area contributed by atoms with Crippen LogP contribution in [-0.2, 0) is 4.74 Å². The Labute approximate surface area is 157 Å². The molecule has 0 aliphatic heterocycles. The van der Waals surface area contributed by atoms with E-state index >= 15 is 0 Å². The topological polar surface area (TPSA) is 80.9 Å². The summed E-state index contributed by atoms with van der Waals surface area (Å²) >= 11 is 0. The summed E-state index contributed by atoms with van der Waals surface area (Å²) in [5.74, 6) is 3.29. The first-order chi connectivity index (χ1) is 8.75. The quantitative estimate of drug-likeness (QED) is 0.383. The number of quaternary nitrogens is 1.